The van der Waals surface area contributed by atoms with E-state index < -0.39 is 12.1 Å². The van der Waals surface area contributed by atoms with Gasteiger partial charge in [0.05, 0.1) is 0 Å². The highest BCUT2D eigenvalue weighted by molar-refractivity contribution is 5.83. The molecule has 0 N–H and O–H groups in total. The van der Waals surface area contributed by atoms with Gasteiger partial charge in [0, 0.05) is 51.2 Å². The first kappa shape index (κ1) is 21.6. The summed E-state index contributed by atoms with van der Waals surface area (Å²) in [6.45, 7) is 5.09. The third-order valence-corrected chi connectivity index (χ3v) is 5.98. The van der Waals surface area contributed by atoms with Crippen LogP contribution in [0.25, 0.3) is 0 Å². The maximum Gasteiger partial charge on any atom is 0.471 e. The molecule has 0 saturated carbocycles. The average Bonchev–Trinajstić information content (AvgIpc) is 2.72. The number of carbonyl (C=O) groups is 2. The molecular weight excluding hydrogens is 383 g/mol. The van der Waals surface area contributed by atoms with Crippen LogP contribution in [0.15, 0.2) is 30.3 Å². The van der Waals surface area contributed by atoms with Crippen LogP contribution in [0.2, 0.25) is 0 Å². The summed E-state index contributed by atoms with van der Waals surface area (Å²) in [5.74, 6) is -2.09. The van der Waals surface area contributed by atoms with E-state index in [-0.39, 0.29) is 31.0 Å². The number of nitrogens with zero attached hydrogens (tertiary/aromatic N) is 3. The monoisotopic (exact) mass is 411 g/mol. The highest BCUT2D eigenvalue weighted by Crippen LogP contribution is 2.25. The molecule has 0 radical (unpaired) electrons. The lowest BCUT2D eigenvalue weighted by Crippen LogP contribution is -2.56. The molecule has 2 amide bonds. The smallest absolute Gasteiger partial charge is 0.340 e. The van der Waals surface area contributed by atoms with Crippen molar-refractivity contribution in [3.05, 3.63) is 35.9 Å². The van der Waals surface area contributed by atoms with Crippen molar-refractivity contribution in [1.82, 2.24) is 14.7 Å². The predicted molar refractivity (Wildman–Crippen MR) is 103 cm³/mol. The van der Waals surface area contributed by atoms with Crippen LogP contribution in [0, 0.1) is 5.92 Å². The molecule has 2 fully saturated rings. The van der Waals surface area contributed by atoms with E-state index in [2.05, 4.69) is 24.0 Å². The Kier molecular flexibility index (Phi) is 6.82. The second-order valence-electron chi connectivity index (χ2n) is 7.97. The van der Waals surface area contributed by atoms with E-state index in [9.17, 15) is 22.8 Å². The molecule has 0 aromatic heterocycles. The van der Waals surface area contributed by atoms with Crippen molar-refractivity contribution in [2.24, 2.45) is 5.92 Å². The highest BCUT2D eigenvalue weighted by atomic mass is 19.4. The van der Waals surface area contributed by atoms with Crippen molar-refractivity contribution in [1.29, 1.82) is 0 Å². The number of alkyl halides is 3. The zero-order valence-electron chi connectivity index (χ0n) is 16.7. The summed E-state index contributed by atoms with van der Waals surface area (Å²) in [7, 11) is 0. The van der Waals surface area contributed by atoms with Crippen molar-refractivity contribution in [2.45, 2.75) is 38.4 Å². The Morgan fingerprint density at radius 3 is 2.24 bits per heavy atom. The molecule has 2 heterocycles. The number of rotatable bonds is 4. The molecule has 0 spiro atoms. The minimum absolute atomic E-state index is 0.0126. The van der Waals surface area contributed by atoms with E-state index >= 15 is 0 Å². The molecule has 160 valence electrons. The summed E-state index contributed by atoms with van der Waals surface area (Å²) >= 11 is 0. The largest absolute Gasteiger partial charge is 0.471 e. The van der Waals surface area contributed by atoms with E-state index in [4.69, 9.17) is 0 Å². The standard InChI is InChI=1S/C21H28F3N3O2/c1-16-15-27(14-13-25(16)10-7-17-5-3-2-4-6-17)19(28)18-8-11-26(12-9-18)20(29)21(22,23)24/h2-6,16,18H,7-15H2,1H3. The van der Waals surface area contributed by atoms with Crippen molar-refractivity contribution >= 4 is 11.8 Å². The van der Waals surface area contributed by atoms with Crippen LogP contribution >= 0.6 is 0 Å². The summed E-state index contributed by atoms with van der Waals surface area (Å²) in [5.41, 5.74) is 1.29. The van der Waals surface area contributed by atoms with Gasteiger partial charge in [0.2, 0.25) is 5.91 Å². The highest BCUT2D eigenvalue weighted by Gasteiger charge is 2.44. The number of likely N-dealkylation sites (tertiary alicyclic amines) is 1. The van der Waals surface area contributed by atoms with Crippen LogP contribution in [-0.2, 0) is 16.0 Å². The SMILES string of the molecule is CC1CN(C(=O)C2CCN(C(=O)C(F)(F)F)CC2)CCN1CCc1ccccc1. The number of hydrogen-bond acceptors (Lipinski definition) is 3. The number of amides is 2. The minimum Gasteiger partial charge on any atom is -0.340 e. The lowest BCUT2D eigenvalue weighted by molar-refractivity contribution is -0.187. The van der Waals surface area contributed by atoms with Crippen molar-refractivity contribution in [3.8, 4) is 0 Å². The Bertz CT molecular complexity index is 703. The third-order valence-electron chi connectivity index (χ3n) is 5.98. The number of benzene rings is 1. The van der Waals surface area contributed by atoms with Crippen molar-refractivity contribution in [2.75, 3.05) is 39.3 Å². The summed E-state index contributed by atoms with van der Waals surface area (Å²) in [4.78, 5) is 29.2. The van der Waals surface area contributed by atoms with E-state index in [1.165, 1.54) is 5.56 Å². The Balaban J connectivity index is 1.45. The van der Waals surface area contributed by atoms with Crippen LogP contribution in [-0.4, -0.2) is 78.0 Å². The van der Waals surface area contributed by atoms with Crippen molar-refractivity contribution < 1.29 is 22.8 Å². The fourth-order valence-electron chi connectivity index (χ4n) is 4.21. The summed E-state index contributed by atoms with van der Waals surface area (Å²) < 4.78 is 37.7. The van der Waals surface area contributed by atoms with Gasteiger partial charge < -0.3 is 9.80 Å². The molecule has 8 heteroatoms. The summed E-state index contributed by atoms with van der Waals surface area (Å²) in [6, 6.07) is 10.5. The zero-order chi connectivity index (χ0) is 21.0. The molecule has 29 heavy (non-hydrogen) atoms. The number of halogens is 3. The molecule has 3 rings (SSSR count). The fourth-order valence-corrected chi connectivity index (χ4v) is 4.21. The quantitative estimate of drug-likeness (QED) is 0.765. The molecular formula is C21H28F3N3O2. The van der Waals surface area contributed by atoms with Gasteiger partial charge >= 0.3 is 12.1 Å². The normalized spacial score (nSPS) is 22.0. The molecule has 2 saturated heterocycles. The molecule has 1 atom stereocenters. The van der Waals surface area contributed by atoms with Gasteiger partial charge in [0.15, 0.2) is 0 Å². The fraction of sp³-hybridized carbons (Fsp3) is 0.619. The first-order valence-electron chi connectivity index (χ1n) is 10.2. The number of piperidine rings is 1. The van der Waals surface area contributed by atoms with Crippen molar-refractivity contribution in [3.63, 3.8) is 0 Å². The molecule has 0 aliphatic carbocycles. The maximum absolute atomic E-state index is 12.8. The van der Waals surface area contributed by atoms with E-state index in [1.807, 2.05) is 23.1 Å². The Hall–Kier alpha value is -2.09. The molecule has 1 aromatic rings. The van der Waals surface area contributed by atoms with Crippen LogP contribution < -0.4 is 0 Å². The Morgan fingerprint density at radius 2 is 1.66 bits per heavy atom. The van der Waals surface area contributed by atoms with Crippen LogP contribution in [0.3, 0.4) is 0 Å². The van der Waals surface area contributed by atoms with E-state index in [0.29, 0.717) is 25.9 Å². The molecule has 2 aliphatic heterocycles. The topological polar surface area (TPSA) is 43.9 Å². The lowest BCUT2D eigenvalue weighted by atomic mass is 9.94. The van der Waals surface area contributed by atoms with E-state index in [0.717, 1.165) is 24.4 Å². The second-order valence-corrected chi connectivity index (χ2v) is 7.97. The molecule has 2 aliphatic rings. The summed E-state index contributed by atoms with van der Waals surface area (Å²) in [6.07, 6.45) is -3.29. The number of hydrogen-bond donors (Lipinski definition) is 0. The van der Waals surface area contributed by atoms with Gasteiger partial charge in [-0.05, 0) is 31.7 Å². The average molecular weight is 411 g/mol. The van der Waals surface area contributed by atoms with Crippen LogP contribution in [0.5, 0.6) is 0 Å². The minimum atomic E-state index is -4.84. The molecule has 1 unspecified atom stereocenters. The molecule has 0 bridgehead atoms. The van der Waals surface area contributed by atoms with Gasteiger partial charge in [-0.1, -0.05) is 30.3 Å². The number of piperazine rings is 1. The molecule has 5 nitrogen and oxygen atoms in total. The van der Waals surface area contributed by atoms with Gasteiger partial charge in [0.1, 0.15) is 0 Å². The van der Waals surface area contributed by atoms with Gasteiger partial charge in [0.25, 0.3) is 0 Å². The Morgan fingerprint density at radius 1 is 1.00 bits per heavy atom. The van der Waals surface area contributed by atoms with Gasteiger partial charge in [-0.3, -0.25) is 14.5 Å². The first-order chi connectivity index (χ1) is 13.8. The second kappa shape index (κ2) is 9.15. The van der Waals surface area contributed by atoms with Crippen LogP contribution in [0.1, 0.15) is 25.3 Å². The maximum atomic E-state index is 12.8. The Labute approximate surface area is 169 Å². The summed E-state index contributed by atoms with van der Waals surface area (Å²) in [5, 5.41) is 0. The first-order valence-corrected chi connectivity index (χ1v) is 10.2. The lowest BCUT2D eigenvalue weighted by Gasteiger charge is -2.42. The molecule has 1 aromatic carbocycles. The third kappa shape index (κ3) is 5.50. The van der Waals surface area contributed by atoms with Gasteiger partial charge in [-0.2, -0.15) is 13.2 Å². The van der Waals surface area contributed by atoms with E-state index in [1.54, 1.807) is 0 Å². The van der Waals surface area contributed by atoms with Crippen LogP contribution in [0.4, 0.5) is 13.2 Å². The predicted octanol–water partition coefficient (Wildman–Crippen LogP) is 2.56. The zero-order valence-corrected chi connectivity index (χ0v) is 16.7. The van der Waals surface area contributed by atoms with Gasteiger partial charge in [-0.25, -0.2) is 0 Å². The van der Waals surface area contributed by atoms with Gasteiger partial charge in [-0.15, -0.1) is 0 Å². The number of carbonyl (C=O) groups excluding carboxylic acids is 2.